The lowest BCUT2D eigenvalue weighted by atomic mass is 10.00. The van der Waals surface area contributed by atoms with E-state index in [4.69, 9.17) is 0 Å². The highest BCUT2D eigenvalue weighted by Crippen LogP contribution is 2.30. The van der Waals surface area contributed by atoms with Crippen LogP contribution in [0, 0.1) is 6.92 Å². The molecule has 0 aromatic heterocycles. The summed E-state index contributed by atoms with van der Waals surface area (Å²) in [4.78, 5) is 12.2. The third-order valence-corrected chi connectivity index (χ3v) is 4.16. The molecule has 0 N–H and O–H groups in total. The number of aryl methyl sites for hydroxylation is 1. The summed E-state index contributed by atoms with van der Waals surface area (Å²) < 4.78 is 38.6. The van der Waals surface area contributed by atoms with Crippen molar-refractivity contribution < 1.29 is 18.0 Å². The van der Waals surface area contributed by atoms with E-state index in [-0.39, 0.29) is 12.2 Å². The van der Waals surface area contributed by atoms with Gasteiger partial charge in [0.15, 0.2) is 5.78 Å². The van der Waals surface area contributed by atoms with Gasteiger partial charge in [0.05, 0.1) is 5.56 Å². The minimum Gasteiger partial charge on any atom is -0.294 e. The molecule has 0 aliphatic carbocycles. The lowest BCUT2D eigenvalue weighted by Crippen LogP contribution is -2.08. The molecule has 2 aromatic rings. The van der Waals surface area contributed by atoms with Crippen LogP contribution in [-0.2, 0) is 12.6 Å². The Morgan fingerprint density at radius 1 is 1.14 bits per heavy atom. The van der Waals surface area contributed by atoms with E-state index in [1.54, 1.807) is 12.1 Å². The van der Waals surface area contributed by atoms with Gasteiger partial charge in [-0.2, -0.15) is 13.2 Å². The van der Waals surface area contributed by atoms with Crippen molar-refractivity contribution in [2.45, 2.75) is 19.5 Å². The average Bonchev–Trinajstić information content (AvgIpc) is 2.41. The van der Waals surface area contributed by atoms with Crippen LogP contribution in [0.5, 0.6) is 0 Å². The Bertz CT molecular complexity index is 677. The van der Waals surface area contributed by atoms with Crippen LogP contribution in [0.2, 0.25) is 0 Å². The number of rotatable bonds is 3. The van der Waals surface area contributed by atoms with Gasteiger partial charge >= 0.3 is 6.18 Å². The fraction of sp³-hybridized carbons (Fsp3) is 0.188. The molecule has 0 bridgehead atoms. The van der Waals surface area contributed by atoms with Gasteiger partial charge < -0.3 is 0 Å². The molecule has 0 spiro atoms. The van der Waals surface area contributed by atoms with E-state index in [0.717, 1.165) is 17.7 Å². The van der Waals surface area contributed by atoms with Gasteiger partial charge in [-0.1, -0.05) is 36.4 Å². The molecule has 0 saturated heterocycles. The first kappa shape index (κ1) is 15.8. The van der Waals surface area contributed by atoms with Crippen LogP contribution in [-0.4, -0.2) is 5.78 Å². The van der Waals surface area contributed by atoms with E-state index < -0.39 is 11.7 Å². The SMILES string of the molecule is Cc1cccc(C(=O)Cc2cccc(C(F)(F)F)c2)c1Br. The molecule has 0 unspecified atom stereocenters. The zero-order valence-electron chi connectivity index (χ0n) is 11.2. The number of halogens is 4. The number of hydrogen-bond acceptors (Lipinski definition) is 1. The van der Waals surface area contributed by atoms with Crippen molar-refractivity contribution in [3.8, 4) is 0 Å². The van der Waals surface area contributed by atoms with Gasteiger partial charge in [-0.25, -0.2) is 0 Å². The molecule has 21 heavy (non-hydrogen) atoms. The number of Topliss-reactive ketones (excluding diaryl/α,β-unsaturated/α-hetero) is 1. The van der Waals surface area contributed by atoms with Gasteiger partial charge in [-0.3, -0.25) is 4.79 Å². The summed E-state index contributed by atoms with van der Waals surface area (Å²) in [5.74, 6) is -0.218. The Labute approximate surface area is 128 Å². The van der Waals surface area contributed by atoms with E-state index in [2.05, 4.69) is 15.9 Å². The molecule has 0 aliphatic rings. The van der Waals surface area contributed by atoms with Crippen molar-refractivity contribution >= 4 is 21.7 Å². The van der Waals surface area contributed by atoms with Crippen molar-refractivity contribution in [3.63, 3.8) is 0 Å². The van der Waals surface area contributed by atoms with Crippen molar-refractivity contribution in [2.24, 2.45) is 0 Å². The summed E-state index contributed by atoms with van der Waals surface area (Å²) in [6.07, 6.45) is -4.46. The molecule has 0 radical (unpaired) electrons. The Morgan fingerprint density at radius 3 is 2.48 bits per heavy atom. The van der Waals surface area contributed by atoms with Gasteiger partial charge in [0.2, 0.25) is 0 Å². The van der Waals surface area contributed by atoms with Crippen molar-refractivity contribution in [3.05, 3.63) is 69.2 Å². The van der Waals surface area contributed by atoms with Crippen LogP contribution in [0.4, 0.5) is 13.2 Å². The number of carbonyl (C=O) groups excluding carboxylic acids is 1. The Kier molecular flexibility index (Phi) is 4.52. The number of hydrogen-bond donors (Lipinski definition) is 0. The minimum absolute atomic E-state index is 0.0635. The second-order valence-electron chi connectivity index (χ2n) is 4.73. The van der Waals surface area contributed by atoms with Gasteiger partial charge in [0.1, 0.15) is 0 Å². The normalized spacial score (nSPS) is 11.5. The number of ketones is 1. The van der Waals surface area contributed by atoms with Crippen molar-refractivity contribution in [1.82, 2.24) is 0 Å². The predicted molar refractivity (Wildman–Crippen MR) is 78.4 cm³/mol. The Balaban J connectivity index is 2.26. The van der Waals surface area contributed by atoms with E-state index >= 15 is 0 Å². The van der Waals surface area contributed by atoms with Gasteiger partial charge in [0.25, 0.3) is 0 Å². The van der Waals surface area contributed by atoms with E-state index in [1.165, 1.54) is 12.1 Å². The van der Waals surface area contributed by atoms with Crippen molar-refractivity contribution in [2.75, 3.05) is 0 Å². The quantitative estimate of drug-likeness (QED) is 0.690. The third-order valence-electron chi connectivity index (χ3n) is 3.11. The molecular formula is C16H12BrF3O. The van der Waals surface area contributed by atoms with Crippen LogP contribution in [0.3, 0.4) is 0 Å². The first-order valence-corrected chi connectivity index (χ1v) is 7.03. The lowest BCUT2D eigenvalue weighted by Gasteiger charge is -2.09. The zero-order chi connectivity index (χ0) is 15.6. The lowest BCUT2D eigenvalue weighted by molar-refractivity contribution is -0.137. The van der Waals surface area contributed by atoms with Crippen LogP contribution in [0.25, 0.3) is 0 Å². The molecular weight excluding hydrogens is 345 g/mol. The first-order chi connectivity index (χ1) is 9.79. The molecule has 0 fully saturated rings. The summed E-state index contributed by atoms with van der Waals surface area (Å²) in [5.41, 5.74) is 0.997. The average molecular weight is 357 g/mol. The summed E-state index contributed by atoms with van der Waals surface area (Å²) in [5, 5.41) is 0. The summed E-state index contributed by atoms with van der Waals surface area (Å²) in [6.45, 7) is 1.85. The highest BCUT2D eigenvalue weighted by atomic mass is 79.9. The molecule has 0 atom stereocenters. The maximum Gasteiger partial charge on any atom is 0.416 e. The summed E-state index contributed by atoms with van der Waals surface area (Å²) in [6, 6.07) is 10.1. The topological polar surface area (TPSA) is 17.1 Å². The molecule has 5 heteroatoms. The second kappa shape index (κ2) is 6.02. The summed E-state index contributed by atoms with van der Waals surface area (Å²) >= 11 is 3.34. The highest BCUT2D eigenvalue weighted by Gasteiger charge is 2.30. The molecule has 0 heterocycles. The predicted octanol–water partition coefficient (Wildman–Crippen LogP) is 5.20. The minimum atomic E-state index is -4.40. The molecule has 0 amide bonds. The van der Waals surface area contributed by atoms with Crippen LogP contribution < -0.4 is 0 Å². The molecule has 0 saturated carbocycles. The monoisotopic (exact) mass is 356 g/mol. The van der Waals surface area contributed by atoms with E-state index in [1.807, 2.05) is 13.0 Å². The second-order valence-corrected chi connectivity index (χ2v) is 5.53. The molecule has 0 aliphatic heterocycles. The van der Waals surface area contributed by atoms with E-state index in [0.29, 0.717) is 15.6 Å². The van der Waals surface area contributed by atoms with E-state index in [9.17, 15) is 18.0 Å². The first-order valence-electron chi connectivity index (χ1n) is 6.23. The van der Waals surface area contributed by atoms with Gasteiger partial charge in [-0.05, 0) is 40.0 Å². The molecule has 2 aromatic carbocycles. The maximum atomic E-state index is 12.7. The zero-order valence-corrected chi connectivity index (χ0v) is 12.8. The van der Waals surface area contributed by atoms with Gasteiger partial charge in [-0.15, -0.1) is 0 Å². The van der Waals surface area contributed by atoms with Crippen LogP contribution in [0.1, 0.15) is 27.0 Å². The van der Waals surface area contributed by atoms with Crippen molar-refractivity contribution in [1.29, 1.82) is 0 Å². The fourth-order valence-electron chi connectivity index (χ4n) is 2.00. The molecule has 1 nitrogen and oxygen atoms in total. The molecule has 2 rings (SSSR count). The standard InChI is InChI=1S/C16H12BrF3O/c1-10-4-2-7-13(15(10)17)14(21)9-11-5-3-6-12(8-11)16(18,19)20/h2-8H,9H2,1H3. The van der Waals surface area contributed by atoms with Gasteiger partial charge in [0, 0.05) is 16.5 Å². The third kappa shape index (κ3) is 3.73. The van der Waals surface area contributed by atoms with Crippen LogP contribution in [0.15, 0.2) is 46.9 Å². The largest absolute Gasteiger partial charge is 0.416 e. The highest BCUT2D eigenvalue weighted by molar-refractivity contribution is 9.10. The number of carbonyl (C=O) groups is 1. The maximum absolute atomic E-state index is 12.7. The summed E-state index contributed by atoms with van der Waals surface area (Å²) in [7, 11) is 0. The molecule has 110 valence electrons. The smallest absolute Gasteiger partial charge is 0.294 e. The van der Waals surface area contributed by atoms with Crippen LogP contribution >= 0.6 is 15.9 Å². The fourth-order valence-corrected chi connectivity index (χ4v) is 2.49. The number of benzene rings is 2. The Morgan fingerprint density at radius 2 is 1.81 bits per heavy atom. The Hall–Kier alpha value is -1.62. The number of alkyl halides is 3.